The van der Waals surface area contributed by atoms with Crippen LogP contribution in [0.2, 0.25) is 0 Å². The highest BCUT2D eigenvalue weighted by Gasteiger charge is 2.31. The molecule has 0 spiro atoms. The standard InChI is InChI=1S/C19H16N4O3/c1-26-19(25)11-5-4-6-12(9-11)23-10-15(24)16(17(23)20)18-21-13-7-2-3-8-14(13)22-18/h2-9,20,24H,10H2,1H3,(H,21,22). The van der Waals surface area contributed by atoms with Crippen molar-refractivity contribution in [1.82, 2.24) is 9.97 Å². The van der Waals surface area contributed by atoms with Crippen LogP contribution in [0.4, 0.5) is 5.69 Å². The minimum absolute atomic E-state index is 0.0533. The maximum Gasteiger partial charge on any atom is 0.337 e. The van der Waals surface area contributed by atoms with Crippen LogP contribution in [0.15, 0.2) is 54.3 Å². The van der Waals surface area contributed by atoms with Gasteiger partial charge in [0.25, 0.3) is 0 Å². The van der Waals surface area contributed by atoms with E-state index in [0.717, 1.165) is 11.0 Å². The molecule has 0 fully saturated rings. The Hall–Kier alpha value is -3.61. The first-order valence-electron chi connectivity index (χ1n) is 8.00. The number of aliphatic hydroxyl groups is 1. The van der Waals surface area contributed by atoms with E-state index in [2.05, 4.69) is 9.97 Å². The number of benzene rings is 2. The lowest BCUT2D eigenvalue weighted by atomic mass is 10.2. The van der Waals surface area contributed by atoms with E-state index >= 15 is 0 Å². The predicted molar refractivity (Wildman–Crippen MR) is 98.5 cm³/mol. The number of aliphatic hydroxyl groups excluding tert-OH is 1. The van der Waals surface area contributed by atoms with E-state index in [1.807, 2.05) is 24.3 Å². The van der Waals surface area contributed by atoms with Crippen molar-refractivity contribution in [3.63, 3.8) is 0 Å². The number of amidine groups is 1. The number of carbonyl (C=O) groups excluding carboxylic acids is 1. The number of hydrogen-bond acceptors (Lipinski definition) is 5. The molecule has 0 saturated carbocycles. The Balaban J connectivity index is 1.69. The summed E-state index contributed by atoms with van der Waals surface area (Å²) in [5.74, 6) is 0.161. The molecule has 7 heteroatoms. The molecule has 1 aliphatic heterocycles. The van der Waals surface area contributed by atoms with E-state index in [4.69, 9.17) is 10.1 Å². The van der Waals surface area contributed by atoms with Gasteiger partial charge >= 0.3 is 5.97 Å². The average Bonchev–Trinajstić information content (AvgIpc) is 3.21. The number of ether oxygens (including phenoxy) is 1. The van der Waals surface area contributed by atoms with Gasteiger partial charge in [0.1, 0.15) is 17.4 Å². The molecule has 3 aromatic rings. The van der Waals surface area contributed by atoms with Gasteiger partial charge in [0.05, 0.1) is 35.8 Å². The van der Waals surface area contributed by atoms with E-state index < -0.39 is 5.97 Å². The van der Waals surface area contributed by atoms with Crippen molar-refractivity contribution < 1.29 is 14.6 Å². The first-order chi connectivity index (χ1) is 12.6. The Bertz CT molecular complexity index is 1030. The zero-order chi connectivity index (χ0) is 18.3. The smallest absolute Gasteiger partial charge is 0.337 e. The van der Waals surface area contributed by atoms with Crippen molar-refractivity contribution in [2.24, 2.45) is 0 Å². The van der Waals surface area contributed by atoms with Crippen LogP contribution in [0.1, 0.15) is 16.2 Å². The average molecular weight is 348 g/mol. The summed E-state index contributed by atoms with van der Waals surface area (Å²) in [5.41, 5.74) is 2.96. The summed E-state index contributed by atoms with van der Waals surface area (Å²) in [7, 11) is 1.32. The van der Waals surface area contributed by atoms with Gasteiger partial charge in [0, 0.05) is 5.69 Å². The van der Waals surface area contributed by atoms with Gasteiger partial charge in [-0.15, -0.1) is 0 Å². The molecule has 130 valence electrons. The van der Waals surface area contributed by atoms with Crippen LogP contribution in [-0.2, 0) is 4.74 Å². The van der Waals surface area contributed by atoms with Gasteiger partial charge in [-0.05, 0) is 30.3 Å². The third-order valence-corrected chi connectivity index (χ3v) is 4.31. The van der Waals surface area contributed by atoms with E-state index in [9.17, 15) is 9.90 Å². The molecule has 2 heterocycles. The number of aromatic amines is 1. The molecule has 1 aromatic heterocycles. The van der Waals surface area contributed by atoms with E-state index in [1.165, 1.54) is 7.11 Å². The highest BCUT2D eigenvalue weighted by molar-refractivity contribution is 6.30. The quantitative estimate of drug-likeness (QED) is 0.631. The van der Waals surface area contributed by atoms with Crippen molar-refractivity contribution in [1.29, 1.82) is 5.41 Å². The lowest BCUT2D eigenvalue weighted by Crippen LogP contribution is -2.26. The van der Waals surface area contributed by atoms with Gasteiger partial charge < -0.3 is 19.7 Å². The van der Waals surface area contributed by atoms with Crippen LogP contribution < -0.4 is 4.90 Å². The Labute approximate surface area is 149 Å². The van der Waals surface area contributed by atoms with Gasteiger partial charge in [0.15, 0.2) is 0 Å². The molecular formula is C19H16N4O3. The number of nitrogens with one attached hydrogen (secondary N) is 2. The molecule has 1 aliphatic rings. The number of fused-ring (bicyclic) bond motifs is 1. The Morgan fingerprint density at radius 2 is 2.08 bits per heavy atom. The largest absolute Gasteiger partial charge is 0.509 e. The number of rotatable bonds is 3. The lowest BCUT2D eigenvalue weighted by Gasteiger charge is -2.19. The van der Waals surface area contributed by atoms with Crippen LogP contribution >= 0.6 is 0 Å². The normalized spacial score (nSPS) is 14.3. The zero-order valence-corrected chi connectivity index (χ0v) is 14.0. The second kappa shape index (κ2) is 6.03. The second-order valence-corrected chi connectivity index (χ2v) is 5.90. The van der Waals surface area contributed by atoms with Gasteiger partial charge in [-0.1, -0.05) is 18.2 Å². The number of para-hydroxylation sites is 2. The Morgan fingerprint density at radius 3 is 2.85 bits per heavy atom. The molecular weight excluding hydrogens is 332 g/mol. The van der Waals surface area contributed by atoms with Gasteiger partial charge in [-0.2, -0.15) is 0 Å². The fraction of sp³-hybridized carbons (Fsp3) is 0.105. The minimum atomic E-state index is -0.452. The van der Waals surface area contributed by atoms with Crippen molar-refractivity contribution >= 4 is 34.1 Å². The number of nitrogens with zero attached hydrogens (tertiary/aromatic N) is 2. The summed E-state index contributed by atoms with van der Waals surface area (Å²) in [6, 6.07) is 14.3. The molecule has 0 bridgehead atoms. The first-order valence-corrected chi connectivity index (χ1v) is 8.00. The summed E-state index contributed by atoms with van der Waals surface area (Å²) >= 11 is 0. The molecule has 0 amide bonds. The van der Waals surface area contributed by atoms with E-state index in [0.29, 0.717) is 22.6 Å². The number of imidazole rings is 1. The van der Waals surface area contributed by atoms with Gasteiger partial charge in [0.2, 0.25) is 0 Å². The SMILES string of the molecule is COC(=O)c1cccc(N2CC(O)=C(c3nc4ccccc4[nH]3)C2=N)c1. The lowest BCUT2D eigenvalue weighted by molar-refractivity contribution is 0.0601. The number of carbonyl (C=O) groups is 1. The summed E-state index contributed by atoms with van der Waals surface area (Å²) in [5, 5.41) is 18.9. The second-order valence-electron chi connectivity index (χ2n) is 5.90. The third kappa shape index (κ3) is 2.50. The predicted octanol–water partition coefficient (Wildman–Crippen LogP) is 3.12. The van der Waals surface area contributed by atoms with Crippen LogP contribution in [0.5, 0.6) is 0 Å². The minimum Gasteiger partial charge on any atom is -0.509 e. The third-order valence-electron chi connectivity index (χ3n) is 4.31. The monoisotopic (exact) mass is 348 g/mol. The van der Waals surface area contributed by atoms with Crippen molar-refractivity contribution in [3.05, 3.63) is 65.7 Å². The molecule has 0 unspecified atom stereocenters. The molecule has 2 aromatic carbocycles. The summed E-state index contributed by atoms with van der Waals surface area (Å²) < 4.78 is 4.74. The Kier molecular flexibility index (Phi) is 3.69. The first kappa shape index (κ1) is 15.9. The van der Waals surface area contributed by atoms with Crippen molar-refractivity contribution in [2.45, 2.75) is 0 Å². The van der Waals surface area contributed by atoms with Gasteiger partial charge in [-0.25, -0.2) is 9.78 Å². The maximum absolute atomic E-state index is 11.7. The van der Waals surface area contributed by atoms with Crippen molar-refractivity contribution in [2.75, 3.05) is 18.6 Å². The number of esters is 1. The fourth-order valence-electron chi connectivity index (χ4n) is 3.04. The molecule has 0 saturated heterocycles. The Morgan fingerprint density at radius 1 is 1.27 bits per heavy atom. The molecule has 7 nitrogen and oxygen atoms in total. The fourth-order valence-corrected chi connectivity index (χ4v) is 3.04. The van der Waals surface area contributed by atoms with E-state index in [-0.39, 0.29) is 18.1 Å². The molecule has 4 rings (SSSR count). The van der Waals surface area contributed by atoms with Crippen LogP contribution in [0, 0.1) is 5.41 Å². The molecule has 0 atom stereocenters. The molecule has 26 heavy (non-hydrogen) atoms. The van der Waals surface area contributed by atoms with Crippen molar-refractivity contribution in [3.8, 4) is 0 Å². The summed E-state index contributed by atoms with van der Waals surface area (Å²) in [4.78, 5) is 21.0. The number of methoxy groups -OCH3 is 1. The van der Waals surface area contributed by atoms with E-state index in [1.54, 1.807) is 29.2 Å². The molecule has 0 aliphatic carbocycles. The molecule has 0 radical (unpaired) electrons. The number of anilines is 1. The summed E-state index contributed by atoms with van der Waals surface area (Å²) in [6.07, 6.45) is 0. The molecule has 3 N–H and O–H groups in total. The summed E-state index contributed by atoms with van der Waals surface area (Å²) in [6.45, 7) is 0.135. The highest BCUT2D eigenvalue weighted by Crippen LogP contribution is 2.31. The zero-order valence-electron chi connectivity index (χ0n) is 14.0. The number of aromatic nitrogens is 2. The topological polar surface area (TPSA) is 102 Å². The van der Waals surface area contributed by atoms with Crippen LogP contribution in [-0.4, -0.2) is 40.5 Å². The number of hydrogen-bond donors (Lipinski definition) is 3. The number of H-pyrrole nitrogens is 1. The van der Waals surface area contributed by atoms with Crippen LogP contribution in [0.25, 0.3) is 16.6 Å². The van der Waals surface area contributed by atoms with Gasteiger partial charge in [-0.3, -0.25) is 5.41 Å². The highest BCUT2D eigenvalue weighted by atomic mass is 16.5. The maximum atomic E-state index is 11.7. The van der Waals surface area contributed by atoms with Crippen LogP contribution in [0.3, 0.4) is 0 Å².